The Kier molecular flexibility index (Phi) is 3.76. The van der Waals surface area contributed by atoms with E-state index in [9.17, 15) is 9.18 Å². The van der Waals surface area contributed by atoms with E-state index in [1.807, 2.05) is 7.05 Å². The van der Waals surface area contributed by atoms with Gasteiger partial charge in [-0.3, -0.25) is 4.79 Å². The Morgan fingerprint density at radius 2 is 2.06 bits per heavy atom. The second-order valence-electron chi connectivity index (χ2n) is 3.86. The Balaban J connectivity index is 2.09. The highest BCUT2D eigenvalue weighted by atomic mass is 32.2. The lowest BCUT2D eigenvalue weighted by Gasteiger charge is -2.09. The summed E-state index contributed by atoms with van der Waals surface area (Å²) in [4.78, 5) is 12.1. The van der Waals surface area contributed by atoms with Gasteiger partial charge in [0.05, 0.1) is 5.25 Å². The van der Waals surface area contributed by atoms with Crippen LogP contribution in [0.5, 0.6) is 0 Å². The number of hydrogen-bond acceptors (Lipinski definition) is 4. The molecule has 0 fully saturated rings. The monoisotopic (exact) mass is 265 g/mol. The third-order valence-electron chi connectivity index (χ3n) is 2.45. The first-order valence-electron chi connectivity index (χ1n) is 5.38. The van der Waals surface area contributed by atoms with Gasteiger partial charge in [-0.25, -0.2) is 4.39 Å². The second-order valence-corrected chi connectivity index (χ2v) is 5.16. The van der Waals surface area contributed by atoms with E-state index in [-0.39, 0.29) is 16.9 Å². The van der Waals surface area contributed by atoms with Crippen LogP contribution in [0.4, 0.5) is 4.39 Å². The van der Waals surface area contributed by atoms with Gasteiger partial charge in [-0.05, 0) is 31.2 Å². The molecule has 2 rings (SSSR count). The first-order valence-corrected chi connectivity index (χ1v) is 6.26. The molecule has 94 valence electrons. The number of hydrogen-bond donors (Lipinski definition) is 0. The molecule has 0 radical (unpaired) electrons. The standard InChI is InChI=1S/C12H12FN3OS/c1-8(18-12-15-14-7-16(12)2)11(17)9-3-5-10(13)6-4-9/h3-8H,1-2H3/t8-/m0/s1. The van der Waals surface area contributed by atoms with Crippen molar-refractivity contribution in [2.75, 3.05) is 0 Å². The predicted molar refractivity (Wildman–Crippen MR) is 67.1 cm³/mol. The number of ketones is 1. The summed E-state index contributed by atoms with van der Waals surface area (Å²) in [6.45, 7) is 1.80. The molecule has 0 unspecified atom stereocenters. The van der Waals surface area contributed by atoms with Gasteiger partial charge in [0.25, 0.3) is 0 Å². The molecular formula is C12H12FN3OS. The molecule has 0 aliphatic heterocycles. The Labute approximate surface area is 108 Å². The number of carbonyl (C=O) groups is 1. The van der Waals surface area contributed by atoms with Crippen molar-refractivity contribution >= 4 is 17.5 Å². The molecule has 0 bridgehead atoms. The highest BCUT2D eigenvalue weighted by molar-refractivity contribution is 8.00. The number of aryl methyl sites for hydroxylation is 1. The van der Waals surface area contributed by atoms with Gasteiger partial charge in [-0.15, -0.1) is 10.2 Å². The van der Waals surface area contributed by atoms with Gasteiger partial charge < -0.3 is 4.57 Å². The van der Waals surface area contributed by atoms with E-state index in [4.69, 9.17) is 0 Å². The maximum atomic E-state index is 12.8. The molecular weight excluding hydrogens is 253 g/mol. The molecule has 4 nitrogen and oxygen atoms in total. The molecule has 1 aromatic carbocycles. The summed E-state index contributed by atoms with van der Waals surface area (Å²) in [6.07, 6.45) is 1.58. The average molecular weight is 265 g/mol. The van der Waals surface area contributed by atoms with Crippen LogP contribution in [0.3, 0.4) is 0 Å². The van der Waals surface area contributed by atoms with Crippen molar-refractivity contribution in [1.29, 1.82) is 0 Å². The lowest BCUT2D eigenvalue weighted by Crippen LogP contribution is -2.14. The van der Waals surface area contributed by atoms with Crippen molar-refractivity contribution < 1.29 is 9.18 Å². The number of rotatable bonds is 4. The Bertz CT molecular complexity index is 553. The Morgan fingerprint density at radius 1 is 1.39 bits per heavy atom. The molecule has 0 spiro atoms. The van der Waals surface area contributed by atoms with E-state index in [0.717, 1.165) is 0 Å². The van der Waals surface area contributed by atoms with Crippen LogP contribution in [0.1, 0.15) is 17.3 Å². The third-order valence-corrected chi connectivity index (χ3v) is 3.60. The molecule has 1 heterocycles. The fraction of sp³-hybridized carbons (Fsp3) is 0.250. The van der Waals surface area contributed by atoms with E-state index < -0.39 is 0 Å². The molecule has 2 aromatic rings. The number of thioether (sulfide) groups is 1. The highest BCUT2D eigenvalue weighted by Gasteiger charge is 2.18. The maximum Gasteiger partial charge on any atom is 0.191 e. The Morgan fingerprint density at radius 3 is 2.61 bits per heavy atom. The van der Waals surface area contributed by atoms with Crippen LogP contribution < -0.4 is 0 Å². The van der Waals surface area contributed by atoms with Gasteiger partial charge in [0.15, 0.2) is 10.9 Å². The normalized spacial score (nSPS) is 12.4. The van der Waals surface area contributed by atoms with Crippen LogP contribution in [0.25, 0.3) is 0 Å². The van der Waals surface area contributed by atoms with Crippen molar-refractivity contribution in [3.8, 4) is 0 Å². The molecule has 1 atom stereocenters. The molecule has 0 amide bonds. The van der Waals surface area contributed by atoms with Crippen molar-refractivity contribution in [3.05, 3.63) is 42.0 Å². The molecule has 18 heavy (non-hydrogen) atoms. The summed E-state index contributed by atoms with van der Waals surface area (Å²) in [5, 5.41) is 8.04. The van der Waals surface area contributed by atoms with E-state index in [2.05, 4.69) is 10.2 Å². The first-order chi connectivity index (χ1) is 8.58. The van der Waals surface area contributed by atoms with Crippen LogP contribution in [0, 0.1) is 5.82 Å². The van der Waals surface area contributed by atoms with Crippen LogP contribution in [-0.4, -0.2) is 25.8 Å². The molecule has 0 aliphatic carbocycles. The molecule has 0 N–H and O–H groups in total. The van der Waals surface area contributed by atoms with Gasteiger partial charge in [0.2, 0.25) is 0 Å². The number of halogens is 1. The minimum atomic E-state index is -0.347. The van der Waals surface area contributed by atoms with Gasteiger partial charge in [-0.1, -0.05) is 11.8 Å². The largest absolute Gasteiger partial charge is 0.312 e. The van der Waals surface area contributed by atoms with E-state index in [1.54, 1.807) is 17.8 Å². The molecule has 0 aliphatic rings. The fourth-order valence-electron chi connectivity index (χ4n) is 1.44. The SMILES string of the molecule is C[C@H](Sc1nncn1C)C(=O)c1ccc(F)cc1. The van der Waals surface area contributed by atoms with Crippen molar-refractivity contribution in [2.45, 2.75) is 17.3 Å². The van der Waals surface area contributed by atoms with Crippen molar-refractivity contribution in [3.63, 3.8) is 0 Å². The van der Waals surface area contributed by atoms with E-state index in [0.29, 0.717) is 10.7 Å². The predicted octanol–water partition coefficient (Wildman–Crippen LogP) is 2.32. The zero-order chi connectivity index (χ0) is 13.1. The number of benzene rings is 1. The zero-order valence-corrected chi connectivity index (χ0v) is 10.8. The number of nitrogens with zero attached hydrogens (tertiary/aromatic N) is 3. The van der Waals surface area contributed by atoms with Crippen molar-refractivity contribution in [1.82, 2.24) is 14.8 Å². The maximum absolute atomic E-state index is 12.8. The second kappa shape index (κ2) is 5.30. The molecule has 1 aromatic heterocycles. The van der Waals surface area contributed by atoms with Crippen LogP contribution in [0.2, 0.25) is 0 Å². The molecule has 0 saturated carbocycles. The highest BCUT2D eigenvalue weighted by Crippen LogP contribution is 2.23. The van der Waals surface area contributed by atoms with Crippen LogP contribution >= 0.6 is 11.8 Å². The minimum absolute atomic E-state index is 0.0528. The van der Waals surface area contributed by atoms with E-state index in [1.165, 1.54) is 36.0 Å². The topological polar surface area (TPSA) is 47.8 Å². The summed E-state index contributed by atoms with van der Waals surface area (Å²) in [6, 6.07) is 5.55. The summed E-state index contributed by atoms with van der Waals surface area (Å²) < 4.78 is 14.5. The fourth-order valence-corrected chi connectivity index (χ4v) is 2.31. The first kappa shape index (κ1) is 12.8. The quantitative estimate of drug-likeness (QED) is 0.628. The van der Waals surface area contributed by atoms with Gasteiger partial charge in [-0.2, -0.15) is 0 Å². The van der Waals surface area contributed by atoms with Gasteiger partial charge in [0, 0.05) is 12.6 Å². The van der Waals surface area contributed by atoms with Crippen LogP contribution in [0.15, 0.2) is 35.7 Å². The molecule has 6 heteroatoms. The number of carbonyl (C=O) groups excluding carboxylic acids is 1. The Hall–Kier alpha value is -1.69. The lowest BCUT2D eigenvalue weighted by molar-refractivity contribution is 0.0994. The summed E-state index contributed by atoms with van der Waals surface area (Å²) in [5.41, 5.74) is 0.499. The molecule has 0 saturated heterocycles. The minimum Gasteiger partial charge on any atom is -0.312 e. The van der Waals surface area contributed by atoms with E-state index >= 15 is 0 Å². The third kappa shape index (κ3) is 2.76. The number of aromatic nitrogens is 3. The summed E-state index contributed by atoms with van der Waals surface area (Å²) in [7, 11) is 1.82. The van der Waals surface area contributed by atoms with Gasteiger partial charge >= 0.3 is 0 Å². The average Bonchev–Trinajstić information content (AvgIpc) is 2.75. The summed E-state index contributed by atoms with van der Waals surface area (Å²) >= 11 is 1.33. The lowest BCUT2D eigenvalue weighted by atomic mass is 10.1. The van der Waals surface area contributed by atoms with Crippen LogP contribution in [-0.2, 0) is 7.05 Å². The smallest absolute Gasteiger partial charge is 0.191 e. The van der Waals surface area contributed by atoms with Crippen molar-refractivity contribution in [2.24, 2.45) is 7.05 Å². The van der Waals surface area contributed by atoms with Gasteiger partial charge in [0.1, 0.15) is 12.1 Å². The number of Topliss-reactive ketones (excluding diaryl/α,β-unsaturated/α-hetero) is 1. The summed E-state index contributed by atoms with van der Waals surface area (Å²) in [5.74, 6) is -0.400. The zero-order valence-electron chi connectivity index (χ0n) is 10.0.